The van der Waals surface area contributed by atoms with Crippen LogP contribution in [0.25, 0.3) is 23.4 Å². The second kappa shape index (κ2) is 6.38. The number of benzene rings is 2. The molecule has 0 fully saturated rings. The maximum Gasteiger partial charge on any atom is 0.190 e. The third kappa shape index (κ3) is 3.15. The molecule has 2 aromatic carbocycles. The fourth-order valence-electron chi connectivity index (χ4n) is 2.17. The van der Waals surface area contributed by atoms with Crippen LogP contribution < -0.4 is 0 Å². The van der Waals surface area contributed by atoms with Crippen molar-refractivity contribution in [2.45, 2.75) is 0 Å². The lowest BCUT2D eigenvalue weighted by molar-refractivity contribution is 0.937. The summed E-state index contributed by atoms with van der Waals surface area (Å²) in [4.78, 5) is 0. The first-order chi connectivity index (χ1) is 11.3. The summed E-state index contributed by atoms with van der Waals surface area (Å²) in [6.45, 7) is 0. The zero-order valence-corrected chi connectivity index (χ0v) is 12.1. The van der Waals surface area contributed by atoms with E-state index in [1.54, 1.807) is 12.1 Å². The van der Waals surface area contributed by atoms with E-state index in [1.165, 1.54) is 0 Å². The first-order valence-corrected chi connectivity index (χ1v) is 6.90. The van der Waals surface area contributed by atoms with Gasteiger partial charge in [-0.05, 0) is 29.3 Å². The molecule has 0 atom stereocenters. The molecule has 3 rings (SSSR count). The van der Waals surface area contributed by atoms with Crippen LogP contribution in [0.5, 0.6) is 0 Å². The molecule has 0 saturated heterocycles. The van der Waals surface area contributed by atoms with Gasteiger partial charge in [0, 0.05) is 5.56 Å². The first kappa shape index (κ1) is 14.2. The molecule has 1 N–H and O–H groups in total. The average Bonchev–Trinajstić information content (AvgIpc) is 3.09. The van der Waals surface area contributed by atoms with Gasteiger partial charge < -0.3 is 0 Å². The Morgan fingerprint density at radius 3 is 2.43 bits per heavy atom. The number of hydrogen-bond donors (Lipinski definition) is 1. The van der Waals surface area contributed by atoms with Crippen molar-refractivity contribution in [3.63, 3.8) is 0 Å². The Balaban J connectivity index is 1.87. The molecule has 0 saturated carbocycles. The van der Waals surface area contributed by atoms with Gasteiger partial charge in [-0.2, -0.15) is 10.5 Å². The Morgan fingerprint density at radius 2 is 1.70 bits per heavy atom. The third-order valence-electron chi connectivity index (χ3n) is 3.34. The second-order valence-corrected chi connectivity index (χ2v) is 4.84. The largest absolute Gasteiger partial charge is 0.256 e. The zero-order valence-electron chi connectivity index (χ0n) is 12.1. The third-order valence-corrected chi connectivity index (χ3v) is 3.34. The molecule has 0 amide bonds. The van der Waals surface area contributed by atoms with Gasteiger partial charge in [0.2, 0.25) is 0 Å². The molecule has 1 heterocycles. The average molecular weight is 297 g/mol. The Labute approximate surface area is 133 Å². The lowest BCUT2D eigenvalue weighted by Crippen LogP contribution is -1.83. The van der Waals surface area contributed by atoms with E-state index in [0.29, 0.717) is 11.3 Å². The predicted molar refractivity (Wildman–Crippen MR) is 86.6 cm³/mol. The van der Waals surface area contributed by atoms with E-state index in [1.807, 2.05) is 54.6 Å². The number of H-pyrrole nitrogens is 1. The monoisotopic (exact) mass is 297 g/mol. The Kier molecular flexibility index (Phi) is 3.95. The van der Waals surface area contributed by atoms with Crippen LogP contribution in [0.3, 0.4) is 0 Å². The summed E-state index contributed by atoms with van der Waals surface area (Å²) in [7, 11) is 0. The van der Waals surface area contributed by atoms with Gasteiger partial charge in [-0.15, -0.1) is 5.10 Å². The summed E-state index contributed by atoms with van der Waals surface area (Å²) >= 11 is 0. The van der Waals surface area contributed by atoms with E-state index in [2.05, 4.69) is 21.5 Å². The van der Waals surface area contributed by atoms with Crippen LogP contribution in [0.2, 0.25) is 0 Å². The summed E-state index contributed by atoms with van der Waals surface area (Å²) in [5, 5.41) is 28.0. The van der Waals surface area contributed by atoms with Crippen molar-refractivity contribution in [1.82, 2.24) is 15.4 Å². The molecular weight excluding hydrogens is 286 g/mol. The van der Waals surface area contributed by atoms with Gasteiger partial charge in [-0.25, -0.2) is 0 Å². The summed E-state index contributed by atoms with van der Waals surface area (Å²) in [5.74, 6) is 0. The molecule has 0 aliphatic carbocycles. The normalized spacial score (nSPS) is 10.3. The van der Waals surface area contributed by atoms with E-state index in [4.69, 9.17) is 10.5 Å². The van der Waals surface area contributed by atoms with Crippen molar-refractivity contribution in [1.29, 1.82) is 10.5 Å². The molecule has 5 heteroatoms. The zero-order chi connectivity index (χ0) is 16.1. The second-order valence-electron chi connectivity index (χ2n) is 4.84. The van der Waals surface area contributed by atoms with Crippen LogP contribution in [-0.2, 0) is 0 Å². The van der Waals surface area contributed by atoms with Gasteiger partial charge in [-0.3, -0.25) is 5.10 Å². The van der Waals surface area contributed by atoms with E-state index in [-0.39, 0.29) is 5.69 Å². The molecule has 0 aliphatic rings. The van der Waals surface area contributed by atoms with Crippen molar-refractivity contribution in [2.75, 3.05) is 0 Å². The SMILES string of the molecule is N#Cc1ccc(C=Cc2cccc(-c3[nH]nnc3C#N)c2)cc1. The first-order valence-electron chi connectivity index (χ1n) is 6.90. The summed E-state index contributed by atoms with van der Waals surface area (Å²) in [6, 6.07) is 19.2. The van der Waals surface area contributed by atoms with Gasteiger partial charge in [0.25, 0.3) is 0 Å². The molecule has 1 aromatic heterocycles. The molecule has 23 heavy (non-hydrogen) atoms. The Hall–Kier alpha value is -3.70. The van der Waals surface area contributed by atoms with E-state index in [9.17, 15) is 0 Å². The Morgan fingerprint density at radius 1 is 0.913 bits per heavy atom. The van der Waals surface area contributed by atoms with Gasteiger partial charge in [0.05, 0.1) is 11.6 Å². The van der Waals surface area contributed by atoms with Gasteiger partial charge >= 0.3 is 0 Å². The molecule has 108 valence electrons. The minimum absolute atomic E-state index is 0.276. The van der Waals surface area contributed by atoms with Crippen LogP contribution in [0, 0.1) is 22.7 Å². The highest BCUT2D eigenvalue weighted by Gasteiger charge is 2.08. The van der Waals surface area contributed by atoms with E-state index in [0.717, 1.165) is 16.7 Å². The van der Waals surface area contributed by atoms with Gasteiger partial charge in [-0.1, -0.05) is 47.7 Å². The maximum atomic E-state index is 9.02. The highest BCUT2D eigenvalue weighted by atomic mass is 15.3. The maximum absolute atomic E-state index is 9.02. The summed E-state index contributed by atoms with van der Waals surface area (Å²) in [6.07, 6.45) is 3.94. The molecule has 0 bridgehead atoms. The quantitative estimate of drug-likeness (QED) is 0.750. The Bertz CT molecular complexity index is 937. The van der Waals surface area contributed by atoms with Gasteiger partial charge in [0.1, 0.15) is 11.8 Å². The number of rotatable bonds is 3. The van der Waals surface area contributed by atoms with Crippen LogP contribution in [0.1, 0.15) is 22.4 Å². The minimum Gasteiger partial charge on any atom is -0.256 e. The number of hydrogen-bond acceptors (Lipinski definition) is 4. The smallest absolute Gasteiger partial charge is 0.190 e. The molecule has 5 nitrogen and oxygen atoms in total. The van der Waals surface area contributed by atoms with Crippen LogP contribution in [-0.4, -0.2) is 15.4 Å². The minimum atomic E-state index is 0.276. The summed E-state index contributed by atoms with van der Waals surface area (Å²) < 4.78 is 0. The van der Waals surface area contributed by atoms with E-state index >= 15 is 0 Å². The highest BCUT2D eigenvalue weighted by molar-refractivity contribution is 5.74. The van der Waals surface area contributed by atoms with Crippen molar-refractivity contribution >= 4 is 12.2 Å². The van der Waals surface area contributed by atoms with Crippen LogP contribution in [0.4, 0.5) is 0 Å². The number of aromatic amines is 1. The topological polar surface area (TPSA) is 89.2 Å². The fraction of sp³-hybridized carbons (Fsp3) is 0. The number of nitrogens with zero attached hydrogens (tertiary/aromatic N) is 4. The highest BCUT2D eigenvalue weighted by Crippen LogP contribution is 2.21. The number of aromatic nitrogens is 3. The molecule has 3 aromatic rings. The molecule has 0 spiro atoms. The van der Waals surface area contributed by atoms with Crippen molar-refractivity contribution in [2.24, 2.45) is 0 Å². The van der Waals surface area contributed by atoms with Crippen LogP contribution in [0.15, 0.2) is 48.5 Å². The molecular formula is C18H11N5. The summed E-state index contributed by atoms with van der Waals surface area (Å²) in [5.41, 5.74) is 4.38. The molecule has 0 unspecified atom stereocenters. The molecule has 0 aliphatic heterocycles. The number of nitriles is 2. The predicted octanol–water partition coefficient (Wildman–Crippen LogP) is 3.39. The lowest BCUT2D eigenvalue weighted by Gasteiger charge is -2.00. The van der Waals surface area contributed by atoms with Gasteiger partial charge in [0.15, 0.2) is 5.69 Å². The van der Waals surface area contributed by atoms with Crippen LogP contribution >= 0.6 is 0 Å². The number of nitrogens with one attached hydrogen (secondary N) is 1. The fourth-order valence-corrected chi connectivity index (χ4v) is 2.17. The van der Waals surface area contributed by atoms with Crippen molar-refractivity contribution in [3.8, 4) is 23.4 Å². The lowest BCUT2D eigenvalue weighted by atomic mass is 10.1. The standard InChI is InChI=1S/C18H11N5/c19-11-15-8-5-13(6-9-15)4-7-14-2-1-3-16(10-14)18-17(12-20)21-23-22-18/h1-10H,(H,21,22,23). The molecule has 0 radical (unpaired) electrons. The van der Waals surface area contributed by atoms with Crippen molar-refractivity contribution in [3.05, 3.63) is 70.9 Å². The van der Waals surface area contributed by atoms with E-state index < -0.39 is 0 Å². The van der Waals surface area contributed by atoms with Crippen molar-refractivity contribution < 1.29 is 0 Å².